The van der Waals surface area contributed by atoms with Gasteiger partial charge in [-0.25, -0.2) is 4.57 Å². The summed E-state index contributed by atoms with van der Waals surface area (Å²) in [6, 6.07) is 3.57. The number of unbranched alkanes of at least 4 members (excludes halogenated alkanes) is 7. The number of nitrogens with two attached hydrogens (primary N) is 1. The summed E-state index contributed by atoms with van der Waals surface area (Å²) in [5.41, 5.74) is 5.80. The minimum atomic E-state index is -0.696. The van der Waals surface area contributed by atoms with Crippen LogP contribution in [0.1, 0.15) is 68.1 Å². The van der Waals surface area contributed by atoms with Crippen molar-refractivity contribution in [1.29, 1.82) is 0 Å². The fourth-order valence-electron chi connectivity index (χ4n) is 2.44. The Labute approximate surface area is 148 Å². The van der Waals surface area contributed by atoms with Crippen molar-refractivity contribution >= 4 is 11.9 Å². The maximum absolute atomic E-state index is 11.1. The molecule has 0 aliphatic rings. The molecule has 1 heterocycles. The van der Waals surface area contributed by atoms with E-state index in [0.29, 0.717) is 12.0 Å². The van der Waals surface area contributed by atoms with Gasteiger partial charge in [0.1, 0.15) is 12.1 Å². The van der Waals surface area contributed by atoms with E-state index in [-0.39, 0.29) is 17.0 Å². The number of carbonyl (C=O) groups is 2. The monoisotopic (exact) mass is 386 g/mol. The van der Waals surface area contributed by atoms with Gasteiger partial charge in [0.2, 0.25) is 0 Å². The van der Waals surface area contributed by atoms with E-state index in [1.807, 2.05) is 16.8 Å². The zero-order valence-corrected chi connectivity index (χ0v) is 15.1. The van der Waals surface area contributed by atoms with Gasteiger partial charge in [0.25, 0.3) is 5.91 Å². The summed E-state index contributed by atoms with van der Waals surface area (Å²) in [6.45, 7) is 0.903. The molecule has 130 valence electrons. The van der Waals surface area contributed by atoms with Gasteiger partial charge in [-0.1, -0.05) is 32.1 Å². The quantitative estimate of drug-likeness (QED) is 0.381. The third-order valence-electron chi connectivity index (χ3n) is 3.70. The van der Waals surface area contributed by atoms with E-state index in [9.17, 15) is 9.59 Å². The summed E-state index contributed by atoms with van der Waals surface area (Å²) in [5.74, 6) is -1.09. The van der Waals surface area contributed by atoms with Crippen molar-refractivity contribution in [2.75, 3.05) is 0 Å². The Morgan fingerprint density at radius 2 is 1.57 bits per heavy atom. The molecule has 0 unspecified atom stereocenters. The Balaban J connectivity index is 0.00000484. The molecule has 0 radical (unpaired) electrons. The number of hydrogen-bond acceptors (Lipinski definition) is 2. The number of carboxylic acids is 1. The highest BCUT2D eigenvalue weighted by Crippen LogP contribution is 2.09. The number of rotatable bonds is 12. The van der Waals surface area contributed by atoms with E-state index >= 15 is 0 Å². The SMILES string of the molecule is NC(=O)c1ccc[n+](CCCCCCCCCCC(=O)O)c1.[Br-]. The van der Waals surface area contributed by atoms with Gasteiger partial charge in [-0.3, -0.25) is 9.59 Å². The molecule has 1 amide bonds. The maximum atomic E-state index is 11.1. The Morgan fingerprint density at radius 1 is 1.00 bits per heavy atom. The third kappa shape index (κ3) is 10.8. The standard InChI is InChI=1S/C17H26N2O3.BrH/c18-17(22)15-10-9-13-19(14-15)12-8-6-4-2-1-3-5-7-11-16(20)21;/h9-10,13-14H,1-8,11-12H2,(H2-,18,20,21,22);1H. The van der Waals surface area contributed by atoms with E-state index in [0.717, 1.165) is 32.2 Å². The Bertz CT molecular complexity index is 481. The van der Waals surface area contributed by atoms with Crippen LogP contribution in [0.3, 0.4) is 0 Å². The topological polar surface area (TPSA) is 84.3 Å². The number of amides is 1. The molecule has 3 N–H and O–H groups in total. The van der Waals surface area contributed by atoms with Gasteiger partial charge in [-0.15, -0.1) is 0 Å². The van der Waals surface area contributed by atoms with E-state index in [4.69, 9.17) is 10.8 Å². The van der Waals surface area contributed by atoms with E-state index in [1.165, 1.54) is 25.7 Å². The zero-order valence-electron chi connectivity index (χ0n) is 13.5. The minimum Gasteiger partial charge on any atom is -1.00 e. The van der Waals surface area contributed by atoms with Crippen LogP contribution in [0, 0.1) is 0 Å². The van der Waals surface area contributed by atoms with Crippen molar-refractivity contribution in [1.82, 2.24) is 0 Å². The van der Waals surface area contributed by atoms with Crippen LogP contribution in [0.5, 0.6) is 0 Å². The van der Waals surface area contributed by atoms with Crippen LogP contribution in [-0.2, 0) is 11.3 Å². The van der Waals surface area contributed by atoms with Gasteiger partial charge >= 0.3 is 5.97 Å². The third-order valence-corrected chi connectivity index (χ3v) is 3.70. The Kier molecular flexibility index (Phi) is 12.2. The smallest absolute Gasteiger partial charge is 0.303 e. The van der Waals surface area contributed by atoms with Crippen LogP contribution in [0.2, 0.25) is 0 Å². The number of carboxylic acid groups (broad SMARTS) is 1. The fourth-order valence-corrected chi connectivity index (χ4v) is 2.44. The summed E-state index contributed by atoms with van der Waals surface area (Å²) in [7, 11) is 0. The number of halogens is 1. The van der Waals surface area contributed by atoms with Gasteiger partial charge in [-0.2, -0.15) is 0 Å². The Morgan fingerprint density at radius 3 is 2.13 bits per heavy atom. The Hall–Kier alpha value is -1.43. The molecule has 0 aliphatic carbocycles. The molecular weight excluding hydrogens is 360 g/mol. The van der Waals surface area contributed by atoms with Gasteiger partial charge in [0.05, 0.1) is 0 Å². The molecule has 0 saturated carbocycles. The maximum Gasteiger partial charge on any atom is 0.303 e. The van der Waals surface area contributed by atoms with Crippen molar-refractivity contribution in [3.8, 4) is 0 Å². The molecule has 1 aromatic heterocycles. The predicted octanol–water partition coefficient (Wildman–Crippen LogP) is -0.327. The van der Waals surface area contributed by atoms with Crippen LogP contribution in [0.4, 0.5) is 0 Å². The first-order valence-electron chi connectivity index (χ1n) is 8.10. The number of nitrogens with zero attached hydrogens (tertiary/aromatic N) is 1. The van der Waals surface area contributed by atoms with Gasteiger partial charge in [-0.05, 0) is 18.9 Å². The van der Waals surface area contributed by atoms with Crippen LogP contribution in [-0.4, -0.2) is 17.0 Å². The highest BCUT2D eigenvalue weighted by Gasteiger charge is 2.06. The highest BCUT2D eigenvalue weighted by atomic mass is 79.9. The van der Waals surface area contributed by atoms with Crippen molar-refractivity contribution in [3.63, 3.8) is 0 Å². The average Bonchev–Trinajstić information content (AvgIpc) is 2.49. The molecule has 1 aromatic rings. The summed E-state index contributed by atoms with van der Waals surface area (Å²) in [5, 5.41) is 8.53. The molecule has 0 fully saturated rings. The first-order chi connectivity index (χ1) is 10.6. The molecular formula is C17H27BrN2O3. The van der Waals surface area contributed by atoms with E-state index < -0.39 is 11.9 Å². The number of aryl methyl sites for hydroxylation is 1. The van der Waals surface area contributed by atoms with Gasteiger partial charge < -0.3 is 27.8 Å². The lowest BCUT2D eigenvalue weighted by Gasteiger charge is -2.01. The summed E-state index contributed by atoms with van der Waals surface area (Å²) in [4.78, 5) is 21.4. The van der Waals surface area contributed by atoms with Crippen LogP contribution in [0.15, 0.2) is 24.5 Å². The molecule has 5 nitrogen and oxygen atoms in total. The number of aromatic nitrogens is 1. The fraction of sp³-hybridized carbons (Fsp3) is 0.588. The van der Waals surface area contributed by atoms with E-state index in [2.05, 4.69) is 0 Å². The zero-order chi connectivity index (χ0) is 16.2. The molecule has 0 aliphatic heterocycles. The van der Waals surface area contributed by atoms with Crippen LogP contribution in [0.25, 0.3) is 0 Å². The molecule has 0 atom stereocenters. The molecule has 6 heteroatoms. The molecule has 0 saturated heterocycles. The second-order valence-corrected chi connectivity index (χ2v) is 5.67. The predicted molar refractivity (Wildman–Crippen MR) is 84.3 cm³/mol. The van der Waals surface area contributed by atoms with Crippen LogP contribution >= 0.6 is 0 Å². The summed E-state index contributed by atoms with van der Waals surface area (Å²) in [6.07, 6.45) is 12.8. The van der Waals surface area contributed by atoms with Crippen LogP contribution < -0.4 is 27.3 Å². The number of hydrogen-bond donors (Lipinski definition) is 2. The molecule has 1 rings (SSSR count). The first kappa shape index (κ1) is 21.6. The number of carbonyl (C=O) groups excluding carboxylic acids is 1. The van der Waals surface area contributed by atoms with Gasteiger partial charge in [0, 0.05) is 18.9 Å². The molecule has 0 aromatic carbocycles. The van der Waals surface area contributed by atoms with E-state index in [1.54, 1.807) is 12.3 Å². The highest BCUT2D eigenvalue weighted by molar-refractivity contribution is 5.92. The van der Waals surface area contributed by atoms with Crippen molar-refractivity contribution in [2.45, 2.75) is 64.3 Å². The minimum absolute atomic E-state index is 0. The number of primary amides is 1. The number of pyridine rings is 1. The first-order valence-corrected chi connectivity index (χ1v) is 8.10. The normalized spacial score (nSPS) is 10.1. The summed E-state index contributed by atoms with van der Waals surface area (Å²) < 4.78 is 2.01. The van der Waals surface area contributed by atoms with Gasteiger partial charge in [0.15, 0.2) is 12.4 Å². The molecule has 23 heavy (non-hydrogen) atoms. The summed E-state index contributed by atoms with van der Waals surface area (Å²) >= 11 is 0. The molecule has 0 spiro atoms. The average molecular weight is 387 g/mol. The van der Waals surface area contributed by atoms with Crippen molar-refractivity contribution < 1.29 is 36.2 Å². The lowest BCUT2D eigenvalue weighted by atomic mass is 10.1. The van der Waals surface area contributed by atoms with Crippen molar-refractivity contribution in [3.05, 3.63) is 30.1 Å². The second kappa shape index (κ2) is 13.0. The molecule has 0 bridgehead atoms. The lowest BCUT2D eigenvalue weighted by Crippen LogP contribution is -3.00. The van der Waals surface area contributed by atoms with Crippen molar-refractivity contribution in [2.24, 2.45) is 5.73 Å². The second-order valence-electron chi connectivity index (χ2n) is 5.67. The number of aliphatic carboxylic acids is 1. The lowest BCUT2D eigenvalue weighted by molar-refractivity contribution is -0.697. The largest absolute Gasteiger partial charge is 1.00 e.